The normalized spacial score (nSPS) is 14.7. The summed E-state index contributed by atoms with van der Waals surface area (Å²) in [5.41, 5.74) is 2.35. The van der Waals surface area contributed by atoms with Crippen LogP contribution in [0.15, 0.2) is 24.3 Å². The Balaban J connectivity index is 2.03. The van der Waals surface area contributed by atoms with Gasteiger partial charge in [0.05, 0.1) is 17.9 Å². The predicted octanol–water partition coefficient (Wildman–Crippen LogP) is 1.93. The number of fused-ring (bicyclic) bond motifs is 1. The van der Waals surface area contributed by atoms with Crippen molar-refractivity contribution < 1.29 is 8.78 Å². The molecule has 0 aliphatic carbocycles. The van der Waals surface area contributed by atoms with Crippen molar-refractivity contribution in [2.45, 2.75) is 13.1 Å². The smallest absolute Gasteiger partial charge is 0.159 e. The molecule has 1 aliphatic rings. The molecule has 1 aromatic heterocycles. The summed E-state index contributed by atoms with van der Waals surface area (Å²) >= 11 is 0. The second kappa shape index (κ2) is 3.92. The summed E-state index contributed by atoms with van der Waals surface area (Å²) < 4.78 is 27.9. The number of aromatic nitrogens is 2. The zero-order chi connectivity index (χ0) is 11.8. The van der Waals surface area contributed by atoms with E-state index in [0.29, 0.717) is 11.3 Å². The molecule has 2 heterocycles. The molecule has 0 atom stereocenters. The van der Waals surface area contributed by atoms with Gasteiger partial charge in [-0.2, -0.15) is 5.10 Å². The summed E-state index contributed by atoms with van der Waals surface area (Å²) in [6, 6.07) is 5.75. The van der Waals surface area contributed by atoms with Crippen LogP contribution in [0.3, 0.4) is 0 Å². The van der Waals surface area contributed by atoms with Gasteiger partial charge in [0.25, 0.3) is 0 Å². The number of rotatable bonds is 1. The first-order valence-electron chi connectivity index (χ1n) is 5.47. The molecular formula is C12H11F2N3. The van der Waals surface area contributed by atoms with Crippen molar-refractivity contribution in [1.29, 1.82) is 0 Å². The first-order valence-corrected chi connectivity index (χ1v) is 5.47. The van der Waals surface area contributed by atoms with E-state index in [9.17, 15) is 8.78 Å². The highest BCUT2D eigenvalue weighted by molar-refractivity contribution is 5.59. The lowest BCUT2D eigenvalue weighted by molar-refractivity contribution is 0.476. The van der Waals surface area contributed by atoms with Gasteiger partial charge in [0, 0.05) is 18.7 Å². The van der Waals surface area contributed by atoms with Crippen LogP contribution in [0, 0.1) is 11.6 Å². The first-order chi connectivity index (χ1) is 8.24. The lowest BCUT2D eigenvalue weighted by Crippen LogP contribution is -2.28. The fraction of sp³-hybridized carbons (Fsp3) is 0.250. The van der Waals surface area contributed by atoms with Gasteiger partial charge < -0.3 is 5.32 Å². The summed E-state index contributed by atoms with van der Waals surface area (Å²) in [5.74, 6) is -1.68. The molecule has 0 saturated carbocycles. The van der Waals surface area contributed by atoms with E-state index in [1.165, 1.54) is 6.07 Å². The van der Waals surface area contributed by atoms with E-state index in [0.717, 1.165) is 31.4 Å². The lowest BCUT2D eigenvalue weighted by atomic mass is 10.1. The number of benzene rings is 1. The summed E-state index contributed by atoms with van der Waals surface area (Å²) in [7, 11) is 0. The molecule has 88 valence electrons. The van der Waals surface area contributed by atoms with Crippen LogP contribution in [0.1, 0.15) is 5.69 Å². The minimum atomic E-state index is -0.841. The highest BCUT2D eigenvalue weighted by Crippen LogP contribution is 2.22. The van der Waals surface area contributed by atoms with Crippen molar-refractivity contribution >= 4 is 0 Å². The Morgan fingerprint density at radius 2 is 2.06 bits per heavy atom. The molecule has 3 rings (SSSR count). The van der Waals surface area contributed by atoms with Gasteiger partial charge in [-0.05, 0) is 24.3 Å². The van der Waals surface area contributed by atoms with Gasteiger partial charge in [0.2, 0.25) is 0 Å². The first kappa shape index (κ1) is 10.4. The fourth-order valence-electron chi connectivity index (χ4n) is 1.99. The van der Waals surface area contributed by atoms with E-state index in [4.69, 9.17) is 0 Å². The summed E-state index contributed by atoms with van der Waals surface area (Å²) in [4.78, 5) is 0. The Kier molecular flexibility index (Phi) is 2.40. The third kappa shape index (κ3) is 1.82. The Hall–Kier alpha value is -1.75. The molecule has 2 aromatic rings. The van der Waals surface area contributed by atoms with Gasteiger partial charge >= 0.3 is 0 Å². The zero-order valence-corrected chi connectivity index (χ0v) is 9.08. The Bertz CT molecular complexity index is 539. The minimum absolute atomic E-state index is 0.603. The zero-order valence-electron chi connectivity index (χ0n) is 9.08. The Morgan fingerprint density at radius 1 is 1.18 bits per heavy atom. The van der Waals surface area contributed by atoms with Crippen LogP contribution in [0.5, 0.6) is 0 Å². The average Bonchev–Trinajstić information content (AvgIpc) is 2.76. The monoisotopic (exact) mass is 235 g/mol. The number of hydrogen-bond donors (Lipinski definition) is 1. The molecule has 1 aromatic carbocycles. The van der Waals surface area contributed by atoms with Gasteiger partial charge in [0.15, 0.2) is 11.6 Å². The Labute approximate surface area is 97.1 Å². The quantitative estimate of drug-likeness (QED) is 0.818. The summed E-state index contributed by atoms with van der Waals surface area (Å²) in [5, 5.41) is 7.61. The van der Waals surface area contributed by atoms with Gasteiger partial charge in [0.1, 0.15) is 0 Å². The van der Waals surface area contributed by atoms with Crippen LogP contribution in [0.2, 0.25) is 0 Å². The third-order valence-electron chi connectivity index (χ3n) is 2.89. The van der Waals surface area contributed by atoms with Crippen molar-refractivity contribution in [1.82, 2.24) is 15.1 Å². The lowest BCUT2D eigenvalue weighted by Gasteiger charge is -2.13. The molecule has 0 unspecified atom stereocenters. The highest BCUT2D eigenvalue weighted by atomic mass is 19.2. The second-order valence-corrected chi connectivity index (χ2v) is 4.05. The van der Waals surface area contributed by atoms with Gasteiger partial charge in [-0.25, -0.2) is 8.78 Å². The van der Waals surface area contributed by atoms with Crippen LogP contribution >= 0.6 is 0 Å². The molecular weight excluding hydrogens is 224 g/mol. The van der Waals surface area contributed by atoms with E-state index >= 15 is 0 Å². The molecule has 1 N–H and O–H groups in total. The van der Waals surface area contributed by atoms with Crippen molar-refractivity contribution in [2.75, 3.05) is 6.54 Å². The standard InChI is InChI=1S/C12H11F2N3/c13-10-2-1-8(5-11(10)14)12-6-9-7-15-3-4-17(9)16-12/h1-2,5-6,15H,3-4,7H2. The van der Waals surface area contributed by atoms with Gasteiger partial charge in [-0.1, -0.05) is 0 Å². The highest BCUT2D eigenvalue weighted by Gasteiger charge is 2.13. The summed E-state index contributed by atoms with van der Waals surface area (Å²) in [6.07, 6.45) is 0. The van der Waals surface area contributed by atoms with E-state index in [1.54, 1.807) is 6.07 Å². The van der Waals surface area contributed by atoms with E-state index in [-0.39, 0.29) is 0 Å². The van der Waals surface area contributed by atoms with Gasteiger partial charge in [-0.15, -0.1) is 0 Å². The molecule has 0 fully saturated rings. The van der Waals surface area contributed by atoms with Crippen LogP contribution in [-0.2, 0) is 13.1 Å². The largest absolute Gasteiger partial charge is 0.309 e. The molecule has 0 saturated heterocycles. The van der Waals surface area contributed by atoms with E-state index < -0.39 is 11.6 Å². The maximum Gasteiger partial charge on any atom is 0.159 e. The number of nitrogens with zero attached hydrogens (tertiary/aromatic N) is 2. The van der Waals surface area contributed by atoms with E-state index in [2.05, 4.69) is 10.4 Å². The molecule has 5 heteroatoms. The van der Waals surface area contributed by atoms with E-state index in [1.807, 2.05) is 10.7 Å². The van der Waals surface area contributed by atoms with Crippen LogP contribution in [-0.4, -0.2) is 16.3 Å². The minimum Gasteiger partial charge on any atom is -0.309 e. The molecule has 0 spiro atoms. The average molecular weight is 235 g/mol. The summed E-state index contributed by atoms with van der Waals surface area (Å²) in [6.45, 7) is 2.45. The van der Waals surface area contributed by atoms with Crippen molar-refractivity contribution in [3.8, 4) is 11.3 Å². The number of hydrogen-bond acceptors (Lipinski definition) is 2. The second-order valence-electron chi connectivity index (χ2n) is 4.05. The predicted molar refractivity (Wildman–Crippen MR) is 59.3 cm³/mol. The SMILES string of the molecule is Fc1ccc(-c2cc3n(n2)CCNC3)cc1F. The molecule has 0 radical (unpaired) electrons. The maximum atomic E-state index is 13.1. The van der Waals surface area contributed by atoms with Crippen molar-refractivity contribution in [3.05, 3.63) is 41.6 Å². The Morgan fingerprint density at radius 3 is 2.82 bits per heavy atom. The van der Waals surface area contributed by atoms with Crippen molar-refractivity contribution in [3.63, 3.8) is 0 Å². The fourth-order valence-corrected chi connectivity index (χ4v) is 1.99. The van der Waals surface area contributed by atoms with Crippen molar-refractivity contribution in [2.24, 2.45) is 0 Å². The van der Waals surface area contributed by atoms with Crippen LogP contribution in [0.4, 0.5) is 8.78 Å². The topological polar surface area (TPSA) is 29.9 Å². The maximum absolute atomic E-state index is 13.1. The molecule has 17 heavy (non-hydrogen) atoms. The van der Waals surface area contributed by atoms with Gasteiger partial charge in [-0.3, -0.25) is 4.68 Å². The number of nitrogens with one attached hydrogen (secondary N) is 1. The van der Waals surface area contributed by atoms with Crippen LogP contribution < -0.4 is 5.32 Å². The number of halogens is 2. The molecule has 3 nitrogen and oxygen atoms in total. The molecule has 0 amide bonds. The van der Waals surface area contributed by atoms with Crippen LogP contribution in [0.25, 0.3) is 11.3 Å². The molecule has 1 aliphatic heterocycles. The molecule has 0 bridgehead atoms. The third-order valence-corrected chi connectivity index (χ3v) is 2.89.